The van der Waals surface area contributed by atoms with Crippen molar-refractivity contribution in [2.75, 3.05) is 0 Å². The van der Waals surface area contributed by atoms with Crippen LogP contribution in [-0.2, 0) is 0 Å². The fourth-order valence-corrected chi connectivity index (χ4v) is 1.96. The molecule has 0 bridgehead atoms. The van der Waals surface area contributed by atoms with E-state index < -0.39 is 0 Å². The van der Waals surface area contributed by atoms with Crippen LogP contribution >= 0.6 is 0 Å². The van der Waals surface area contributed by atoms with Crippen molar-refractivity contribution >= 4 is 0 Å². The number of fused-ring (bicyclic) bond motifs is 1. The van der Waals surface area contributed by atoms with E-state index in [0.29, 0.717) is 0 Å². The average molecular weight is 246 g/mol. The zero-order valence-electron chi connectivity index (χ0n) is 10.2. The predicted molar refractivity (Wildman–Crippen MR) is 75.4 cm³/mol. The van der Waals surface area contributed by atoms with E-state index in [2.05, 4.69) is 36.1 Å². The van der Waals surface area contributed by atoms with E-state index in [1.807, 2.05) is 18.2 Å². The van der Waals surface area contributed by atoms with Gasteiger partial charge in [-0.05, 0) is 47.5 Å². The van der Waals surface area contributed by atoms with Crippen LogP contribution in [-0.4, -0.2) is 0 Å². The second-order valence-corrected chi connectivity index (χ2v) is 4.32. The SMILES string of the molecule is Fc1ccc(C#Cc2cc3cccccc-3c2)cc1. The summed E-state index contributed by atoms with van der Waals surface area (Å²) in [6.07, 6.45) is 0. The van der Waals surface area contributed by atoms with Crippen molar-refractivity contribution in [1.29, 1.82) is 0 Å². The maximum absolute atomic E-state index is 12.8. The molecule has 0 saturated carbocycles. The van der Waals surface area contributed by atoms with Crippen LogP contribution in [0.25, 0.3) is 11.1 Å². The lowest BCUT2D eigenvalue weighted by Gasteiger charge is -1.88. The molecule has 1 heteroatoms. The van der Waals surface area contributed by atoms with Crippen LogP contribution in [0.4, 0.5) is 4.39 Å². The number of hydrogen-bond acceptors (Lipinski definition) is 0. The zero-order chi connectivity index (χ0) is 13.1. The van der Waals surface area contributed by atoms with Gasteiger partial charge in [0.25, 0.3) is 0 Å². The minimum absolute atomic E-state index is 0.239. The van der Waals surface area contributed by atoms with E-state index in [1.54, 1.807) is 12.1 Å². The highest BCUT2D eigenvalue weighted by Crippen LogP contribution is 2.24. The molecule has 0 unspecified atom stereocenters. The summed E-state index contributed by atoms with van der Waals surface area (Å²) in [5, 5.41) is 0. The highest BCUT2D eigenvalue weighted by atomic mass is 19.1. The quantitative estimate of drug-likeness (QED) is 0.518. The van der Waals surface area contributed by atoms with E-state index in [1.165, 1.54) is 23.3 Å². The molecule has 0 radical (unpaired) electrons. The largest absolute Gasteiger partial charge is 0.207 e. The molecule has 2 aliphatic carbocycles. The van der Waals surface area contributed by atoms with Gasteiger partial charge >= 0.3 is 0 Å². The molecule has 0 atom stereocenters. The van der Waals surface area contributed by atoms with Crippen molar-refractivity contribution in [2.45, 2.75) is 0 Å². The Bertz CT molecular complexity index is 699. The van der Waals surface area contributed by atoms with Crippen LogP contribution < -0.4 is 0 Å². The molecule has 2 aliphatic rings. The van der Waals surface area contributed by atoms with Crippen LogP contribution in [0.2, 0.25) is 0 Å². The van der Waals surface area contributed by atoms with E-state index in [4.69, 9.17) is 0 Å². The number of hydrogen-bond donors (Lipinski definition) is 0. The van der Waals surface area contributed by atoms with Crippen molar-refractivity contribution in [2.24, 2.45) is 0 Å². The lowest BCUT2D eigenvalue weighted by atomic mass is 10.2. The number of rotatable bonds is 0. The smallest absolute Gasteiger partial charge is 0.123 e. The van der Waals surface area contributed by atoms with Gasteiger partial charge in [0, 0.05) is 11.1 Å². The minimum atomic E-state index is -0.239. The molecular formula is C18H11F. The third-order valence-corrected chi connectivity index (χ3v) is 2.92. The molecule has 0 aromatic heterocycles. The molecule has 0 nitrogen and oxygen atoms in total. The average Bonchev–Trinajstić information content (AvgIpc) is 2.68. The molecule has 0 spiro atoms. The normalized spacial score (nSPS) is 9.95. The van der Waals surface area contributed by atoms with Gasteiger partial charge in [0.1, 0.15) is 5.82 Å². The maximum Gasteiger partial charge on any atom is 0.123 e. The summed E-state index contributed by atoms with van der Waals surface area (Å²) in [7, 11) is 0. The van der Waals surface area contributed by atoms with E-state index >= 15 is 0 Å². The van der Waals surface area contributed by atoms with Crippen LogP contribution in [0.5, 0.6) is 0 Å². The Morgan fingerprint density at radius 2 is 1.21 bits per heavy atom. The van der Waals surface area contributed by atoms with Crippen molar-refractivity contribution in [3.63, 3.8) is 0 Å². The first-order chi connectivity index (χ1) is 9.31. The monoisotopic (exact) mass is 246 g/mol. The van der Waals surface area contributed by atoms with Gasteiger partial charge in [-0.1, -0.05) is 42.2 Å². The Morgan fingerprint density at radius 1 is 0.632 bits per heavy atom. The predicted octanol–water partition coefficient (Wildman–Crippen LogP) is 4.33. The van der Waals surface area contributed by atoms with Crippen LogP contribution in [0.1, 0.15) is 11.1 Å². The zero-order valence-corrected chi connectivity index (χ0v) is 10.2. The van der Waals surface area contributed by atoms with Gasteiger partial charge in [0.2, 0.25) is 0 Å². The summed E-state index contributed by atoms with van der Waals surface area (Å²) < 4.78 is 12.8. The fourth-order valence-electron chi connectivity index (χ4n) is 1.96. The summed E-state index contributed by atoms with van der Waals surface area (Å²) in [4.78, 5) is 0. The maximum atomic E-state index is 12.8. The third-order valence-electron chi connectivity index (χ3n) is 2.92. The molecule has 3 rings (SSSR count). The highest BCUT2D eigenvalue weighted by molar-refractivity contribution is 5.70. The Morgan fingerprint density at radius 3 is 1.84 bits per heavy atom. The van der Waals surface area contributed by atoms with E-state index in [-0.39, 0.29) is 5.82 Å². The van der Waals surface area contributed by atoms with Gasteiger partial charge < -0.3 is 0 Å². The fraction of sp³-hybridized carbons (Fsp3) is 0. The minimum Gasteiger partial charge on any atom is -0.207 e. The lowest BCUT2D eigenvalue weighted by Crippen LogP contribution is -1.75. The second-order valence-electron chi connectivity index (χ2n) is 4.32. The Hall–Kier alpha value is -2.59. The standard InChI is InChI=1S/C18H11F/c19-18-10-8-14(9-11-18)6-7-15-12-16-4-2-1-3-5-17(16)13-15/h1-5,8-13H. The molecule has 19 heavy (non-hydrogen) atoms. The topological polar surface area (TPSA) is 0 Å². The summed E-state index contributed by atoms with van der Waals surface area (Å²) in [5.41, 5.74) is 4.14. The van der Waals surface area contributed by atoms with Crippen molar-refractivity contribution in [3.05, 3.63) is 83.7 Å². The van der Waals surface area contributed by atoms with Crippen LogP contribution in [0.3, 0.4) is 0 Å². The van der Waals surface area contributed by atoms with Gasteiger partial charge in [-0.25, -0.2) is 4.39 Å². The molecule has 0 saturated heterocycles. The van der Waals surface area contributed by atoms with Gasteiger partial charge in [-0.15, -0.1) is 0 Å². The summed E-state index contributed by atoms with van der Waals surface area (Å²) in [5.74, 6) is 5.91. The van der Waals surface area contributed by atoms with Gasteiger partial charge in [-0.3, -0.25) is 0 Å². The van der Waals surface area contributed by atoms with E-state index in [9.17, 15) is 4.39 Å². The molecular weight excluding hydrogens is 235 g/mol. The van der Waals surface area contributed by atoms with Crippen molar-refractivity contribution in [3.8, 4) is 23.0 Å². The second kappa shape index (κ2) is 4.96. The van der Waals surface area contributed by atoms with Crippen LogP contribution in [0, 0.1) is 17.7 Å². The first-order valence-corrected chi connectivity index (χ1v) is 6.08. The molecule has 1 aromatic carbocycles. The van der Waals surface area contributed by atoms with Gasteiger partial charge in [0.15, 0.2) is 0 Å². The third kappa shape index (κ3) is 2.64. The highest BCUT2D eigenvalue weighted by Gasteiger charge is 2.02. The molecule has 0 aliphatic heterocycles. The molecule has 0 heterocycles. The number of halogens is 1. The summed E-state index contributed by atoms with van der Waals surface area (Å²) >= 11 is 0. The Labute approximate surface area is 111 Å². The first-order valence-electron chi connectivity index (χ1n) is 6.08. The number of benzene rings is 1. The van der Waals surface area contributed by atoms with Crippen LogP contribution in [0.15, 0.2) is 66.7 Å². The first kappa shape index (κ1) is 11.5. The van der Waals surface area contributed by atoms with Crippen molar-refractivity contribution in [1.82, 2.24) is 0 Å². The van der Waals surface area contributed by atoms with Gasteiger partial charge in [-0.2, -0.15) is 0 Å². The molecule has 90 valence electrons. The molecule has 0 N–H and O–H groups in total. The van der Waals surface area contributed by atoms with E-state index in [0.717, 1.165) is 11.1 Å². The lowest BCUT2D eigenvalue weighted by molar-refractivity contribution is 0.627. The van der Waals surface area contributed by atoms with Gasteiger partial charge in [0.05, 0.1) is 0 Å². The van der Waals surface area contributed by atoms with Crippen molar-refractivity contribution < 1.29 is 4.39 Å². The summed E-state index contributed by atoms with van der Waals surface area (Å²) in [6.45, 7) is 0. The Kier molecular flexibility index (Phi) is 3.00. The summed E-state index contributed by atoms with van der Waals surface area (Å²) in [6, 6.07) is 20.5. The Balaban J connectivity index is 1.95. The molecule has 1 aromatic rings. The molecule has 0 fully saturated rings. The molecule has 0 amide bonds.